The minimum absolute atomic E-state index is 0.0223. The minimum atomic E-state index is -0.164. The number of ether oxygens (including phenoxy) is 1. The second-order valence-corrected chi connectivity index (χ2v) is 5.37. The van der Waals surface area contributed by atoms with Gasteiger partial charge in [-0.3, -0.25) is 4.79 Å². The van der Waals surface area contributed by atoms with Crippen LogP contribution in [0.2, 0.25) is 0 Å². The highest BCUT2D eigenvalue weighted by Gasteiger charge is 2.24. The molecule has 0 spiro atoms. The first kappa shape index (κ1) is 13.9. The van der Waals surface area contributed by atoms with Crippen molar-refractivity contribution >= 4 is 21.9 Å². The largest absolute Gasteiger partial charge is 0.461 e. The van der Waals surface area contributed by atoms with Crippen LogP contribution < -0.4 is 0 Å². The van der Waals surface area contributed by atoms with E-state index in [1.807, 2.05) is 6.92 Å². The fourth-order valence-electron chi connectivity index (χ4n) is 1.42. The number of halogens is 1. The molecule has 0 amide bonds. The minimum Gasteiger partial charge on any atom is -0.461 e. The van der Waals surface area contributed by atoms with Gasteiger partial charge in [0, 0.05) is 0 Å². The lowest BCUT2D eigenvalue weighted by molar-refractivity contribution is -0.153. The summed E-state index contributed by atoms with van der Waals surface area (Å²) in [7, 11) is 0. The van der Waals surface area contributed by atoms with Gasteiger partial charge in [0.1, 0.15) is 10.9 Å². The molecule has 0 aromatic rings. The van der Waals surface area contributed by atoms with Gasteiger partial charge in [-0.05, 0) is 18.3 Å². The average molecular weight is 265 g/mol. The van der Waals surface area contributed by atoms with Crippen LogP contribution in [0.4, 0.5) is 0 Å². The van der Waals surface area contributed by atoms with Crippen molar-refractivity contribution in [3.05, 3.63) is 0 Å². The zero-order valence-corrected chi connectivity index (χ0v) is 11.3. The molecule has 3 heteroatoms. The van der Waals surface area contributed by atoms with E-state index >= 15 is 0 Å². The summed E-state index contributed by atoms with van der Waals surface area (Å²) in [5.74, 6) is 0.603. The Kier molecular flexibility index (Phi) is 6.41. The number of carbonyl (C=O) groups is 1. The molecule has 0 fully saturated rings. The van der Waals surface area contributed by atoms with E-state index in [2.05, 4.69) is 43.6 Å². The van der Waals surface area contributed by atoms with Crippen LogP contribution in [0, 0.1) is 11.8 Å². The lowest BCUT2D eigenvalue weighted by Gasteiger charge is -2.25. The van der Waals surface area contributed by atoms with Crippen molar-refractivity contribution in [1.29, 1.82) is 0 Å². The summed E-state index contributed by atoms with van der Waals surface area (Å²) >= 11 is 3.29. The topological polar surface area (TPSA) is 26.3 Å². The van der Waals surface area contributed by atoms with Crippen molar-refractivity contribution in [2.75, 3.05) is 0 Å². The molecule has 0 aliphatic carbocycles. The summed E-state index contributed by atoms with van der Waals surface area (Å²) < 4.78 is 5.44. The average Bonchev–Trinajstić information content (AvgIpc) is 2.11. The molecule has 0 bridgehead atoms. The number of carbonyl (C=O) groups excluding carboxylic acids is 1. The number of hydrogen-bond donors (Lipinski definition) is 0. The van der Waals surface area contributed by atoms with Gasteiger partial charge in [0.25, 0.3) is 0 Å². The molecule has 0 aliphatic heterocycles. The first-order valence-electron chi connectivity index (χ1n) is 5.24. The van der Waals surface area contributed by atoms with Crippen LogP contribution in [0.25, 0.3) is 0 Å². The van der Waals surface area contributed by atoms with Gasteiger partial charge in [-0.15, -0.1) is 0 Å². The van der Waals surface area contributed by atoms with Crippen molar-refractivity contribution in [3.63, 3.8) is 0 Å². The Bertz CT molecular complexity index is 170. The molecule has 0 radical (unpaired) electrons. The van der Waals surface area contributed by atoms with Crippen molar-refractivity contribution in [2.45, 2.75) is 52.0 Å². The van der Waals surface area contributed by atoms with E-state index < -0.39 is 0 Å². The fourth-order valence-corrected chi connectivity index (χ4v) is 1.52. The Labute approximate surface area is 95.5 Å². The van der Waals surface area contributed by atoms with Gasteiger partial charge in [0.05, 0.1) is 0 Å². The molecule has 0 rings (SSSR count). The molecular formula is C11H21BrO2. The van der Waals surface area contributed by atoms with E-state index in [0.717, 1.165) is 6.42 Å². The van der Waals surface area contributed by atoms with Crippen LogP contribution in [-0.2, 0) is 9.53 Å². The van der Waals surface area contributed by atoms with Crippen molar-refractivity contribution in [2.24, 2.45) is 11.8 Å². The Balaban J connectivity index is 4.24. The normalized spacial score (nSPS) is 13.8. The van der Waals surface area contributed by atoms with Crippen LogP contribution in [0.5, 0.6) is 0 Å². The Morgan fingerprint density at radius 2 is 1.64 bits per heavy atom. The lowest BCUT2D eigenvalue weighted by Crippen LogP contribution is -2.31. The lowest BCUT2D eigenvalue weighted by atomic mass is 9.96. The molecule has 0 saturated heterocycles. The molecule has 0 N–H and O–H groups in total. The van der Waals surface area contributed by atoms with Crippen LogP contribution in [-0.4, -0.2) is 16.9 Å². The molecule has 0 saturated carbocycles. The van der Waals surface area contributed by atoms with Crippen LogP contribution in [0.15, 0.2) is 0 Å². The monoisotopic (exact) mass is 264 g/mol. The quantitative estimate of drug-likeness (QED) is 0.562. The van der Waals surface area contributed by atoms with Crippen molar-refractivity contribution in [3.8, 4) is 0 Å². The molecule has 0 aromatic heterocycles. The van der Waals surface area contributed by atoms with Gasteiger partial charge in [-0.2, -0.15) is 0 Å². The smallest absolute Gasteiger partial charge is 0.319 e. The number of hydrogen-bond acceptors (Lipinski definition) is 2. The molecule has 0 heterocycles. The third kappa shape index (κ3) is 4.45. The van der Waals surface area contributed by atoms with Crippen LogP contribution in [0.3, 0.4) is 0 Å². The third-order valence-electron chi connectivity index (χ3n) is 2.18. The summed E-state index contributed by atoms with van der Waals surface area (Å²) in [6.07, 6.45) is 0.788. The zero-order valence-electron chi connectivity index (χ0n) is 9.71. The first-order valence-corrected chi connectivity index (χ1v) is 6.16. The van der Waals surface area contributed by atoms with Gasteiger partial charge < -0.3 is 4.74 Å². The Morgan fingerprint density at radius 1 is 1.21 bits per heavy atom. The summed E-state index contributed by atoms with van der Waals surface area (Å²) in [6.45, 7) is 10.3. The van der Waals surface area contributed by atoms with Crippen molar-refractivity contribution < 1.29 is 9.53 Å². The predicted molar refractivity (Wildman–Crippen MR) is 62.6 cm³/mol. The van der Waals surface area contributed by atoms with Gasteiger partial charge in [0.2, 0.25) is 0 Å². The van der Waals surface area contributed by atoms with Crippen molar-refractivity contribution in [1.82, 2.24) is 0 Å². The number of esters is 1. The summed E-state index contributed by atoms with van der Waals surface area (Å²) in [4.78, 5) is 11.4. The van der Waals surface area contributed by atoms with Crippen LogP contribution in [0.1, 0.15) is 41.0 Å². The highest BCUT2D eigenvalue weighted by Crippen LogP contribution is 2.18. The highest BCUT2D eigenvalue weighted by atomic mass is 79.9. The van der Waals surface area contributed by atoms with E-state index in [0.29, 0.717) is 11.8 Å². The van der Waals surface area contributed by atoms with Gasteiger partial charge in [0.15, 0.2) is 0 Å². The number of alkyl halides is 1. The van der Waals surface area contributed by atoms with E-state index in [-0.39, 0.29) is 16.9 Å². The maximum atomic E-state index is 11.5. The zero-order chi connectivity index (χ0) is 11.3. The standard InChI is InChI=1S/C11H21BrO2/c1-6-9(12)11(13)14-10(7(2)3)8(4)5/h7-10H,6H2,1-5H3. The Morgan fingerprint density at radius 3 is 1.93 bits per heavy atom. The summed E-state index contributed by atoms with van der Waals surface area (Å²) in [6, 6.07) is 0. The molecule has 1 atom stereocenters. The molecule has 1 unspecified atom stereocenters. The van der Waals surface area contributed by atoms with Gasteiger partial charge in [-0.1, -0.05) is 50.5 Å². The number of rotatable bonds is 5. The first-order chi connectivity index (χ1) is 6.40. The van der Waals surface area contributed by atoms with E-state index in [4.69, 9.17) is 4.74 Å². The maximum absolute atomic E-state index is 11.5. The molecule has 14 heavy (non-hydrogen) atoms. The maximum Gasteiger partial charge on any atom is 0.319 e. The van der Waals surface area contributed by atoms with E-state index in [1.165, 1.54) is 0 Å². The molecule has 84 valence electrons. The molecular weight excluding hydrogens is 244 g/mol. The van der Waals surface area contributed by atoms with Crippen LogP contribution >= 0.6 is 15.9 Å². The van der Waals surface area contributed by atoms with E-state index in [9.17, 15) is 4.79 Å². The fraction of sp³-hybridized carbons (Fsp3) is 0.909. The van der Waals surface area contributed by atoms with E-state index in [1.54, 1.807) is 0 Å². The molecule has 0 aromatic carbocycles. The highest BCUT2D eigenvalue weighted by molar-refractivity contribution is 9.10. The SMILES string of the molecule is CCC(Br)C(=O)OC(C(C)C)C(C)C. The van der Waals surface area contributed by atoms with Gasteiger partial charge in [-0.25, -0.2) is 0 Å². The summed E-state index contributed by atoms with van der Waals surface area (Å²) in [5.41, 5.74) is 0. The molecule has 2 nitrogen and oxygen atoms in total. The third-order valence-corrected chi connectivity index (χ3v) is 3.20. The second kappa shape index (κ2) is 6.44. The summed E-state index contributed by atoms with van der Waals surface area (Å²) in [5, 5.41) is 0. The second-order valence-electron chi connectivity index (χ2n) is 4.27. The predicted octanol–water partition coefficient (Wildman–Crippen LogP) is 3.38. The van der Waals surface area contributed by atoms with Gasteiger partial charge >= 0.3 is 5.97 Å². The molecule has 0 aliphatic rings. The Hall–Kier alpha value is -0.0500.